The average Bonchev–Trinajstić information content (AvgIpc) is 2.77. The second kappa shape index (κ2) is 9.47. The van der Waals surface area contributed by atoms with Crippen molar-refractivity contribution in [1.82, 2.24) is 4.98 Å². The zero-order valence-corrected chi connectivity index (χ0v) is 17.1. The Balaban J connectivity index is 1.67. The van der Waals surface area contributed by atoms with Crippen LogP contribution >= 0.6 is 0 Å². The number of aromatic nitrogens is 1. The minimum absolute atomic E-state index is 0.114. The molecule has 3 aromatic rings. The number of nitrogens with one attached hydrogen (secondary N) is 1. The van der Waals surface area contributed by atoms with Crippen LogP contribution in [-0.4, -0.2) is 28.4 Å². The summed E-state index contributed by atoms with van der Waals surface area (Å²) in [7, 11) is 0. The third kappa shape index (κ3) is 5.70. The monoisotopic (exact) mass is 459 g/mol. The van der Waals surface area contributed by atoms with Crippen molar-refractivity contribution in [3.63, 3.8) is 0 Å². The van der Waals surface area contributed by atoms with Crippen molar-refractivity contribution in [2.45, 2.75) is 13.1 Å². The summed E-state index contributed by atoms with van der Waals surface area (Å²) in [5.41, 5.74) is -0.682. The maximum absolute atomic E-state index is 12.8. The van der Waals surface area contributed by atoms with E-state index in [4.69, 9.17) is 4.74 Å². The maximum Gasteiger partial charge on any atom is 0.416 e. The maximum atomic E-state index is 12.8. The Bertz CT molecular complexity index is 1210. The number of aryl methyl sites for hydroxylation is 1. The molecule has 0 aliphatic carbocycles. The Morgan fingerprint density at radius 2 is 1.79 bits per heavy atom. The first-order valence-electron chi connectivity index (χ1n) is 9.42. The summed E-state index contributed by atoms with van der Waals surface area (Å²) in [6.45, 7) is 0.783. The quantitative estimate of drug-likeness (QED) is 0.323. The molecule has 0 atom stereocenters. The third-order valence-corrected chi connectivity index (χ3v) is 4.51. The number of hydrogen-bond donors (Lipinski definition) is 1. The van der Waals surface area contributed by atoms with Crippen LogP contribution in [0, 0.1) is 17.0 Å². The lowest BCUT2D eigenvalue weighted by Gasteiger charge is -2.11. The molecule has 0 saturated carbocycles. The summed E-state index contributed by atoms with van der Waals surface area (Å²) < 4.78 is 43.3. The van der Waals surface area contributed by atoms with E-state index in [0.717, 1.165) is 11.6 Å². The van der Waals surface area contributed by atoms with E-state index in [0.29, 0.717) is 23.5 Å². The van der Waals surface area contributed by atoms with Crippen LogP contribution in [0.1, 0.15) is 21.6 Å². The Labute approximate surface area is 185 Å². The number of carbonyl (C=O) groups is 2. The van der Waals surface area contributed by atoms with E-state index < -0.39 is 46.5 Å². The van der Waals surface area contributed by atoms with Gasteiger partial charge in [-0.15, -0.1) is 0 Å². The second-order valence-corrected chi connectivity index (χ2v) is 6.81. The van der Waals surface area contributed by atoms with Crippen LogP contribution in [0.2, 0.25) is 0 Å². The third-order valence-electron chi connectivity index (χ3n) is 4.51. The van der Waals surface area contributed by atoms with Crippen LogP contribution in [0.25, 0.3) is 11.3 Å². The van der Waals surface area contributed by atoms with Crippen LogP contribution in [0.5, 0.6) is 0 Å². The van der Waals surface area contributed by atoms with Crippen LogP contribution < -0.4 is 5.32 Å². The number of amides is 1. The van der Waals surface area contributed by atoms with Crippen molar-refractivity contribution in [2.24, 2.45) is 0 Å². The SMILES string of the molecule is Cc1nc(-c2ccccc2)ccc1C(=O)OCC(=O)Nc1ccc(C(F)(F)F)cc1[N+](=O)[O-]. The van der Waals surface area contributed by atoms with Crippen LogP contribution in [0.4, 0.5) is 24.5 Å². The summed E-state index contributed by atoms with van der Waals surface area (Å²) in [6, 6.07) is 14.0. The van der Waals surface area contributed by atoms with Gasteiger partial charge in [-0.05, 0) is 31.2 Å². The molecule has 33 heavy (non-hydrogen) atoms. The summed E-state index contributed by atoms with van der Waals surface area (Å²) in [5.74, 6) is -1.81. The fraction of sp³-hybridized carbons (Fsp3) is 0.136. The molecular weight excluding hydrogens is 443 g/mol. The number of hydrogen-bond acceptors (Lipinski definition) is 6. The molecule has 0 spiro atoms. The molecule has 170 valence electrons. The lowest BCUT2D eigenvalue weighted by atomic mass is 10.1. The standard InChI is InChI=1S/C22H16F3N3O5/c1-13-16(8-10-17(26-13)14-5-3-2-4-6-14)21(30)33-12-20(29)27-18-9-7-15(22(23,24)25)11-19(18)28(31)32/h2-11H,12H2,1H3,(H,27,29). The molecule has 1 N–H and O–H groups in total. The molecule has 1 aromatic heterocycles. The van der Waals surface area contributed by atoms with Crippen molar-refractivity contribution >= 4 is 23.3 Å². The van der Waals surface area contributed by atoms with Crippen LogP contribution in [0.3, 0.4) is 0 Å². The van der Waals surface area contributed by atoms with E-state index >= 15 is 0 Å². The first-order valence-corrected chi connectivity index (χ1v) is 9.42. The van der Waals surface area contributed by atoms with Crippen molar-refractivity contribution in [3.05, 3.63) is 87.6 Å². The molecule has 1 amide bonds. The fourth-order valence-electron chi connectivity index (χ4n) is 2.91. The molecule has 0 bridgehead atoms. The number of anilines is 1. The largest absolute Gasteiger partial charge is 0.452 e. The number of pyridine rings is 1. The lowest BCUT2D eigenvalue weighted by Crippen LogP contribution is -2.22. The van der Waals surface area contributed by atoms with E-state index in [1.165, 1.54) is 6.07 Å². The van der Waals surface area contributed by atoms with Crippen molar-refractivity contribution in [2.75, 3.05) is 11.9 Å². The number of rotatable bonds is 6. The van der Waals surface area contributed by atoms with Gasteiger partial charge in [-0.2, -0.15) is 13.2 Å². The molecule has 0 fully saturated rings. The van der Waals surface area contributed by atoms with E-state index in [1.807, 2.05) is 30.3 Å². The van der Waals surface area contributed by atoms with Gasteiger partial charge in [-0.3, -0.25) is 19.9 Å². The Kier molecular flexibility index (Phi) is 6.71. The normalized spacial score (nSPS) is 11.0. The molecule has 0 radical (unpaired) electrons. The smallest absolute Gasteiger partial charge is 0.416 e. The number of esters is 1. The highest BCUT2D eigenvalue weighted by Crippen LogP contribution is 2.35. The van der Waals surface area contributed by atoms with Gasteiger partial charge < -0.3 is 10.1 Å². The number of ether oxygens (including phenoxy) is 1. The second-order valence-electron chi connectivity index (χ2n) is 6.81. The molecule has 3 rings (SSSR count). The number of halogens is 3. The predicted octanol–water partition coefficient (Wildman–Crippen LogP) is 4.78. The Hall–Kier alpha value is -4.28. The number of nitro benzene ring substituents is 1. The highest BCUT2D eigenvalue weighted by Gasteiger charge is 2.33. The van der Waals surface area contributed by atoms with Gasteiger partial charge >= 0.3 is 12.1 Å². The minimum Gasteiger partial charge on any atom is -0.452 e. The van der Waals surface area contributed by atoms with Gasteiger partial charge in [0.05, 0.1) is 27.4 Å². The molecule has 1 heterocycles. The van der Waals surface area contributed by atoms with E-state index in [1.54, 1.807) is 13.0 Å². The van der Waals surface area contributed by atoms with E-state index in [2.05, 4.69) is 10.3 Å². The Morgan fingerprint density at radius 3 is 2.39 bits per heavy atom. The molecule has 2 aromatic carbocycles. The average molecular weight is 459 g/mol. The van der Waals surface area contributed by atoms with Gasteiger partial charge in [0.1, 0.15) is 5.69 Å². The molecule has 0 aliphatic heterocycles. The number of benzene rings is 2. The van der Waals surface area contributed by atoms with Crippen molar-refractivity contribution in [3.8, 4) is 11.3 Å². The van der Waals surface area contributed by atoms with Gasteiger partial charge in [-0.1, -0.05) is 30.3 Å². The molecule has 0 saturated heterocycles. The van der Waals surface area contributed by atoms with Gasteiger partial charge in [0.15, 0.2) is 6.61 Å². The lowest BCUT2D eigenvalue weighted by molar-refractivity contribution is -0.384. The summed E-state index contributed by atoms with van der Waals surface area (Å²) >= 11 is 0. The summed E-state index contributed by atoms with van der Waals surface area (Å²) in [4.78, 5) is 38.8. The number of nitrogens with zero attached hydrogens (tertiary/aromatic N) is 2. The first kappa shape index (κ1) is 23.4. The van der Waals surface area contributed by atoms with E-state index in [-0.39, 0.29) is 5.56 Å². The molecular formula is C22H16F3N3O5. The van der Waals surface area contributed by atoms with Crippen molar-refractivity contribution < 1.29 is 32.4 Å². The molecule has 0 aliphatic rings. The fourth-order valence-corrected chi connectivity index (χ4v) is 2.91. The highest BCUT2D eigenvalue weighted by molar-refractivity contribution is 5.97. The number of nitro groups is 1. The Morgan fingerprint density at radius 1 is 1.09 bits per heavy atom. The summed E-state index contributed by atoms with van der Waals surface area (Å²) in [6.07, 6.45) is -4.79. The topological polar surface area (TPSA) is 111 Å². The predicted molar refractivity (Wildman–Crippen MR) is 111 cm³/mol. The molecule has 11 heteroatoms. The summed E-state index contributed by atoms with van der Waals surface area (Å²) in [5, 5.41) is 13.2. The zero-order chi connectivity index (χ0) is 24.2. The molecule has 8 nitrogen and oxygen atoms in total. The van der Waals surface area contributed by atoms with Gasteiger partial charge in [0, 0.05) is 11.6 Å². The minimum atomic E-state index is -4.79. The number of alkyl halides is 3. The van der Waals surface area contributed by atoms with Crippen molar-refractivity contribution in [1.29, 1.82) is 0 Å². The molecule has 0 unspecified atom stereocenters. The highest BCUT2D eigenvalue weighted by atomic mass is 19.4. The van der Waals surface area contributed by atoms with Gasteiger partial charge in [-0.25, -0.2) is 4.79 Å². The van der Waals surface area contributed by atoms with Crippen LogP contribution in [-0.2, 0) is 15.7 Å². The van der Waals surface area contributed by atoms with Gasteiger partial charge in [0.2, 0.25) is 0 Å². The zero-order valence-electron chi connectivity index (χ0n) is 17.1. The van der Waals surface area contributed by atoms with Gasteiger partial charge in [0.25, 0.3) is 11.6 Å². The first-order chi connectivity index (χ1) is 15.6. The van der Waals surface area contributed by atoms with E-state index in [9.17, 15) is 32.9 Å². The van der Waals surface area contributed by atoms with Crippen LogP contribution in [0.15, 0.2) is 60.7 Å². The number of carbonyl (C=O) groups excluding carboxylic acids is 2.